The van der Waals surface area contributed by atoms with Crippen LogP contribution in [0.4, 0.5) is 5.69 Å². The van der Waals surface area contributed by atoms with Gasteiger partial charge in [-0.15, -0.1) is 0 Å². The summed E-state index contributed by atoms with van der Waals surface area (Å²) in [4.78, 5) is 52.9. The van der Waals surface area contributed by atoms with Crippen molar-refractivity contribution in [2.45, 2.75) is 39.5 Å². The quantitative estimate of drug-likeness (QED) is 0.718. The number of amides is 1. The van der Waals surface area contributed by atoms with Crippen LogP contribution in [0.5, 0.6) is 0 Å². The van der Waals surface area contributed by atoms with Gasteiger partial charge in [0, 0.05) is 26.7 Å². The number of nitrogens with zero attached hydrogens (tertiary/aromatic N) is 3. The van der Waals surface area contributed by atoms with Gasteiger partial charge in [0.1, 0.15) is 5.39 Å². The minimum Gasteiger partial charge on any atom is -0.466 e. The number of aryl methyl sites for hydroxylation is 2. The molecule has 2 heterocycles. The smallest absolute Gasteiger partial charge is 0.332 e. The maximum Gasteiger partial charge on any atom is 0.332 e. The standard InChI is InChI=1S/C18H24N4O5/c1-5-7-11-10-19-16-14(17(25)22(4)18(26)21(16)3)15(11)20-12(23)8-9-13(24)27-6-2/h10H,5-9H2,1-4H3,(H,19,20,23). The number of esters is 1. The normalized spacial score (nSPS) is 10.8. The number of hydrogen-bond donors (Lipinski definition) is 1. The van der Waals surface area contributed by atoms with Gasteiger partial charge in [-0.2, -0.15) is 0 Å². The molecular formula is C18H24N4O5. The third-order valence-corrected chi connectivity index (χ3v) is 4.19. The summed E-state index contributed by atoms with van der Waals surface area (Å²) in [5.41, 5.74) is 0.211. The number of fused-ring (bicyclic) bond motifs is 1. The summed E-state index contributed by atoms with van der Waals surface area (Å²) in [5, 5.41) is 2.91. The van der Waals surface area contributed by atoms with Crippen molar-refractivity contribution >= 4 is 28.6 Å². The van der Waals surface area contributed by atoms with Gasteiger partial charge in [-0.05, 0) is 18.9 Å². The molecular weight excluding hydrogens is 352 g/mol. The van der Waals surface area contributed by atoms with Crippen LogP contribution in [0.25, 0.3) is 11.0 Å². The van der Waals surface area contributed by atoms with E-state index in [2.05, 4.69) is 10.3 Å². The van der Waals surface area contributed by atoms with E-state index in [4.69, 9.17) is 4.74 Å². The van der Waals surface area contributed by atoms with Crippen LogP contribution >= 0.6 is 0 Å². The Kier molecular flexibility index (Phi) is 6.49. The van der Waals surface area contributed by atoms with Gasteiger partial charge in [0.25, 0.3) is 5.56 Å². The molecule has 1 amide bonds. The number of carbonyl (C=O) groups excluding carboxylic acids is 2. The van der Waals surface area contributed by atoms with Crippen molar-refractivity contribution in [1.29, 1.82) is 0 Å². The first-order valence-electron chi connectivity index (χ1n) is 8.84. The van der Waals surface area contributed by atoms with E-state index in [1.165, 1.54) is 18.7 Å². The Bertz CT molecular complexity index is 990. The van der Waals surface area contributed by atoms with Gasteiger partial charge >= 0.3 is 11.7 Å². The molecule has 9 heteroatoms. The molecule has 0 radical (unpaired) electrons. The van der Waals surface area contributed by atoms with Crippen molar-refractivity contribution in [2.24, 2.45) is 14.1 Å². The highest BCUT2D eigenvalue weighted by Gasteiger charge is 2.19. The van der Waals surface area contributed by atoms with E-state index >= 15 is 0 Å². The van der Waals surface area contributed by atoms with E-state index in [1.54, 1.807) is 13.1 Å². The average molecular weight is 376 g/mol. The summed E-state index contributed by atoms with van der Waals surface area (Å²) in [6.07, 6.45) is 2.82. The lowest BCUT2D eigenvalue weighted by atomic mass is 10.1. The van der Waals surface area contributed by atoms with Crippen LogP contribution in [0.3, 0.4) is 0 Å². The summed E-state index contributed by atoms with van der Waals surface area (Å²) in [6.45, 7) is 3.91. The molecule has 27 heavy (non-hydrogen) atoms. The van der Waals surface area contributed by atoms with Gasteiger partial charge in [0.2, 0.25) is 5.91 Å². The fraction of sp³-hybridized carbons (Fsp3) is 0.500. The maximum absolute atomic E-state index is 12.7. The summed E-state index contributed by atoms with van der Waals surface area (Å²) in [6, 6.07) is 0. The fourth-order valence-corrected chi connectivity index (χ4v) is 2.82. The fourth-order valence-electron chi connectivity index (χ4n) is 2.82. The molecule has 1 N–H and O–H groups in total. The zero-order chi connectivity index (χ0) is 20.1. The summed E-state index contributed by atoms with van der Waals surface area (Å²) >= 11 is 0. The van der Waals surface area contributed by atoms with Gasteiger partial charge in [-0.3, -0.25) is 23.5 Å². The van der Waals surface area contributed by atoms with E-state index in [9.17, 15) is 19.2 Å². The number of aromatic nitrogens is 3. The van der Waals surface area contributed by atoms with Crippen LogP contribution in [0.2, 0.25) is 0 Å². The van der Waals surface area contributed by atoms with E-state index in [1.807, 2.05) is 6.92 Å². The lowest BCUT2D eigenvalue weighted by Gasteiger charge is -2.15. The highest BCUT2D eigenvalue weighted by Crippen LogP contribution is 2.24. The second-order valence-corrected chi connectivity index (χ2v) is 6.17. The number of nitrogens with one attached hydrogen (secondary N) is 1. The van der Waals surface area contributed by atoms with Gasteiger partial charge in [0.15, 0.2) is 5.65 Å². The molecule has 9 nitrogen and oxygen atoms in total. The van der Waals surface area contributed by atoms with Gasteiger partial charge in [0.05, 0.1) is 18.7 Å². The van der Waals surface area contributed by atoms with Crippen molar-refractivity contribution in [3.05, 3.63) is 32.6 Å². The number of carbonyl (C=O) groups is 2. The van der Waals surface area contributed by atoms with Crippen LogP contribution in [-0.4, -0.2) is 32.6 Å². The molecule has 0 saturated carbocycles. The number of anilines is 1. The van der Waals surface area contributed by atoms with Crippen LogP contribution in [-0.2, 0) is 34.8 Å². The number of rotatable bonds is 7. The monoisotopic (exact) mass is 376 g/mol. The first-order chi connectivity index (χ1) is 12.8. The highest BCUT2D eigenvalue weighted by molar-refractivity contribution is 6.01. The molecule has 2 aromatic heterocycles. The topological polar surface area (TPSA) is 112 Å². The van der Waals surface area contributed by atoms with Gasteiger partial charge < -0.3 is 10.1 Å². The second-order valence-electron chi connectivity index (χ2n) is 6.17. The van der Waals surface area contributed by atoms with E-state index < -0.39 is 23.1 Å². The molecule has 0 saturated heterocycles. The Morgan fingerprint density at radius 2 is 1.85 bits per heavy atom. The van der Waals surface area contributed by atoms with Crippen LogP contribution in [0.15, 0.2) is 15.8 Å². The maximum atomic E-state index is 12.7. The van der Waals surface area contributed by atoms with Crippen LogP contribution in [0.1, 0.15) is 38.7 Å². The first-order valence-corrected chi connectivity index (χ1v) is 8.84. The molecule has 0 fully saturated rings. The Morgan fingerprint density at radius 3 is 2.48 bits per heavy atom. The highest BCUT2D eigenvalue weighted by atomic mass is 16.5. The van der Waals surface area contributed by atoms with Gasteiger partial charge in [-0.25, -0.2) is 9.78 Å². The molecule has 0 spiro atoms. The summed E-state index contributed by atoms with van der Waals surface area (Å²) in [5.74, 6) is -0.872. The third kappa shape index (κ3) is 4.24. The first kappa shape index (κ1) is 20.3. The molecule has 0 aromatic carbocycles. The molecule has 0 atom stereocenters. The number of pyridine rings is 1. The molecule has 2 rings (SSSR count). The lowest BCUT2D eigenvalue weighted by Crippen LogP contribution is -2.38. The Balaban J connectivity index is 2.51. The third-order valence-electron chi connectivity index (χ3n) is 4.19. The minimum atomic E-state index is -0.528. The molecule has 0 aliphatic heterocycles. The Labute approximate surface area is 156 Å². The summed E-state index contributed by atoms with van der Waals surface area (Å²) < 4.78 is 7.06. The molecule has 0 bridgehead atoms. The second kappa shape index (κ2) is 8.61. The minimum absolute atomic E-state index is 0.0533. The SMILES string of the molecule is CCCc1cnc2c(c1NC(=O)CCC(=O)OCC)c(=O)n(C)c(=O)n2C. The predicted octanol–water partition coefficient (Wildman–Crippen LogP) is 0.866. The average Bonchev–Trinajstić information content (AvgIpc) is 2.64. The summed E-state index contributed by atoms with van der Waals surface area (Å²) in [7, 11) is 2.89. The van der Waals surface area contributed by atoms with Crippen molar-refractivity contribution in [3.8, 4) is 0 Å². The van der Waals surface area contributed by atoms with Gasteiger partial charge in [-0.1, -0.05) is 13.3 Å². The molecule has 0 unspecified atom stereocenters. The lowest BCUT2D eigenvalue weighted by molar-refractivity contribution is -0.144. The molecule has 0 aliphatic rings. The van der Waals surface area contributed by atoms with Crippen molar-refractivity contribution in [2.75, 3.05) is 11.9 Å². The van der Waals surface area contributed by atoms with E-state index in [0.717, 1.165) is 11.0 Å². The Morgan fingerprint density at radius 1 is 1.15 bits per heavy atom. The van der Waals surface area contributed by atoms with Crippen LogP contribution < -0.4 is 16.6 Å². The number of hydrogen-bond acceptors (Lipinski definition) is 6. The predicted molar refractivity (Wildman–Crippen MR) is 101 cm³/mol. The van der Waals surface area contributed by atoms with E-state index in [-0.39, 0.29) is 30.5 Å². The zero-order valence-electron chi connectivity index (χ0n) is 16.0. The molecule has 146 valence electrons. The van der Waals surface area contributed by atoms with E-state index in [0.29, 0.717) is 17.7 Å². The largest absolute Gasteiger partial charge is 0.466 e. The van der Waals surface area contributed by atoms with Crippen molar-refractivity contribution < 1.29 is 14.3 Å². The molecule has 2 aromatic rings. The van der Waals surface area contributed by atoms with Crippen molar-refractivity contribution in [1.82, 2.24) is 14.1 Å². The zero-order valence-corrected chi connectivity index (χ0v) is 16.0. The van der Waals surface area contributed by atoms with Crippen molar-refractivity contribution in [3.63, 3.8) is 0 Å². The Hall–Kier alpha value is -2.97. The number of ether oxygens (including phenoxy) is 1. The van der Waals surface area contributed by atoms with Crippen LogP contribution in [0, 0.1) is 0 Å². The molecule has 0 aliphatic carbocycles.